The number of likely N-dealkylation sites (tertiary alicyclic amines) is 1. The molecule has 2 aromatic carbocycles. The van der Waals surface area contributed by atoms with E-state index in [1.807, 2.05) is 0 Å². The Morgan fingerprint density at radius 3 is 2.17 bits per heavy atom. The largest absolute Gasteiger partial charge is 0.298 e. The van der Waals surface area contributed by atoms with E-state index in [0.717, 1.165) is 18.4 Å². The van der Waals surface area contributed by atoms with Gasteiger partial charge in [0.2, 0.25) is 0 Å². The van der Waals surface area contributed by atoms with Gasteiger partial charge < -0.3 is 0 Å². The number of hydrogen-bond donors (Lipinski definition) is 0. The number of piperidine rings is 1. The monoisotopic (exact) mass is 318 g/mol. The Labute approximate surface area is 145 Å². The summed E-state index contributed by atoms with van der Waals surface area (Å²) in [5.74, 6) is 1.45. The van der Waals surface area contributed by atoms with Gasteiger partial charge in [0, 0.05) is 25.8 Å². The third kappa shape index (κ3) is 3.59. The Hall–Kier alpha value is -1.93. The Balaban J connectivity index is 1.44. The van der Waals surface area contributed by atoms with Crippen LogP contribution >= 0.6 is 0 Å². The lowest BCUT2D eigenvalue weighted by Crippen LogP contribution is -2.50. The Bertz CT molecular complexity index is 651. The number of hydrogen-bond acceptors (Lipinski definition) is 2. The van der Waals surface area contributed by atoms with Gasteiger partial charge in [-0.25, -0.2) is 0 Å². The molecule has 1 heterocycles. The van der Waals surface area contributed by atoms with Gasteiger partial charge in [-0.05, 0) is 35.8 Å². The van der Waals surface area contributed by atoms with Crippen LogP contribution in [0.1, 0.15) is 30.4 Å². The molecule has 1 saturated heterocycles. The fourth-order valence-corrected chi connectivity index (χ4v) is 4.43. The maximum absolute atomic E-state index is 5.03. The molecule has 2 unspecified atom stereocenters. The van der Waals surface area contributed by atoms with Crippen molar-refractivity contribution >= 4 is 6.21 Å². The maximum atomic E-state index is 5.03. The van der Waals surface area contributed by atoms with Crippen molar-refractivity contribution in [2.45, 2.75) is 31.8 Å². The average molecular weight is 318 g/mol. The molecule has 24 heavy (non-hydrogen) atoms. The quantitative estimate of drug-likeness (QED) is 0.763. The molecule has 0 aromatic heterocycles. The number of rotatable bonds is 4. The van der Waals surface area contributed by atoms with E-state index in [1.54, 1.807) is 0 Å². The van der Waals surface area contributed by atoms with Gasteiger partial charge in [-0.3, -0.25) is 9.89 Å². The molecular weight excluding hydrogens is 292 g/mol. The van der Waals surface area contributed by atoms with Crippen molar-refractivity contribution in [1.29, 1.82) is 0 Å². The third-order valence-electron chi connectivity index (χ3n) is 5.55. The number of fused-ring (bicyclic) bond motifs is 2. The average Bonchev–Trinajstić information content (AvgIpc) is 2.61. The molecule has 2 aliphatic rings. The molecule has 2 aromatic rings. The summed E-state index contributed by atoms with van der Waals surface area (Å²) in [6.07, 6.45) is 6.14. The number of aliphatic imine (C=N–C) groups is 1. The SMILES string of the molecule is C(=NC1C2CCCC1CN(Cc1ccccc1)C2)c1ccccc1. The Morgan fingerprint density at radius 1 is 0.875 bits per heavy atom. The summed E-state index contributed by atoms with van der Waals surface area (Å²) in [4.78, 5) is 7.68. The summed E-state index contributed by atoms with van der Waals surface area (Å²) in [6.45, 7) is 3.48. The van der Waals surface area contributed by atoms with Crippen molar-refractivity contribution in [3.8, 4) is 0 Å². The van der Waals surface area contributed by atoms with E-state index in [1.165, 1.54) is 43.5 Å². The van der Waals surface area contributed by atoms with E-state index < -0.39 is 0 Å². The second-order valence-electron chi connectivity index (χ2n) is 7.31. The van der Waals surface area contributed by atoms with Crippen LogP contribution in [0.3, 0.4) is 0 Å². The minimum absolute atomic E-state index is 0.519. The van der Waals surface area contributed by atoms with E-state index >= 15 is 0 Å². The highest BCUT2D eigenvalue weighted by atomic mass is 15.2. The van der Waals surface area contributed by atoms with Crippen molar-refractivity contribution in [3.63, 3.8) is 0 Å². The van der Waals surface area contributed by atoms with Crippen LogP contribution in [-0.2, 0) is 6.54 Å². The summed E-state index contributed by atoms with van der Waals surface area (Å²) in [6, 6.07) is 21.9. The van der Waals surface area contributed by atoms with Crippen molar-refractivity contribution in [2.24, 2.45) is 16.8 Å². The van der Waals surface area contributed by atoms with E-state index in [-0.39, 0.29) is 0 Å². The number of nitrogens with zero attached hydrogens (tertiary/aromatic N) is 2. The molecule has 0 N–H and O–H groups in total. The summed E-state index contributed by atoms with van der Waals surface area (Å²) in [7, 11) is 0. The molecular formula is C22H26N2. The molecule has 124 valence electrons. The normalized spacial score (nSPS) is 27.4. The highest BCUT2D eigenvalue weighted by Gasteiger charge is 2.38. The van der Waals surface area contributed by atoms with Crippen molar-refractivity contribution in [3.05, 3.63) is 71.8 Å². The fourth-order valence-electron chi connectivity index (χ4n) is 4.43. The van der Waals surface area contributed by atoms with E-state index in [0.29, 0.717) is 6.04 Å². The van der Waals surface area contributed by atoms with Crippen LogP contribution in [0.15, 0.2) is 65.7 Å². The zero-order chi connectivity index (χ0) is 16.2. The Morgan fingerprint density at radius 2 is 1.50 bits per heavy atom. The molecule has 1 saturated carbocycles. The van der Waals surface area contributed by atoms with E-state index in [9.17, 15) is 0 Å². The van der Waals surface area contributed by atoms with Crippen molar-refractivity contribution in [1.82, 2.24) is 4.90 Å². The van der Waals surface area contributed by atoms with Crippen LogP contribution < -0.4 is 0 Å². The van der Waals surface area contributed by atoms with Crippen molar-refractivity contribution in [2.75, 3.05) is 13.1 Å². The molecule has 0 amide bonds. The first-order chi connectivity index (χ1) is 11.9. The fraction of sp³-hybridized carbons (Fsp3) is 0.409. The van der Waals surface area contributed by atoms with Crippen LogP contribution in [0.25, 0.3) is 0 Å². The molecule has 4 rings (SSSR count). The predicted molar refractivity (Wildman–Crippen MR) is 100 cm³/mol. The van der Waals surface area contributed by atoms with Gasteiger partial charge in [-0.2, -0.15) is 0 Å². The highest BCUT2D eigenvalue weighted by molar-refractivity contribution is 5.79. The lowest BCUT2D eigenvalue weighted by Gasteiger charge is -2.45. The maximum Gasteiger partial charge on any atom is 0.0580 e. The van der Waals surface area contributed by atoms with Crippen LogP contribution in [0.4, 0.5) is 0 Å². The third-order valence-corrected chi connectivity index (χ3v) is 5.55. The van der Waals surface area contributed by atoms with Crippen LogP contribution in [0, 0.1) is 11.8 Å². The minimum atomic E-state index is 0.519. The van der Waals surface area contributed by atoms with Crippen LogP contribution in [0.5, 0.6) is 0 Å². The lowest BCUT2D eigenvalue weighted by molar-refractivity contribution is 0.0602. The van der Waals surface area contributed by atoms with Crippen LogP contribution in [-0.4, -0.2) is 30.2 Å². The molecule has 2 nitrogen and oxygen atoms in total. The summed E-state index contributed by atoms with van der Waals surface area (Å²) < 4.78 is 0. The smallest absolute Gasteiger partial charge is 0.0580 e. The minimum Gasteiger partial charge on any atom is -0.298 e. The van der Waals surface area contributed by atoms with Gasteiger partial charge in [0.05, 0.1) is 6.04 Å². The van der Waals surface area contributed by atoms with Gasteiger partial charge in [-0.1, -0.05) is 67.1 Å². The second kappa shape index (κ2) is 7.31. The van der Waals surface area contributed by atoms with Crippen LogP contribution in [0.2, 0.25) is 0 Å². The van der Waals surface area contributed by atoms with Gasteiger partial charge in [0.15, 0.2) is 0 Å². The zero-order valence-corrected chi connectivity index (χ0v) is 14.2. The Kier molecular flexibility index (Phi) is 4.75. The molecule has 1 aliphatic heterocycles. The first-order valence-corrected chi connectivity index (χ1v) is 9.23. The first kappa shape index (κ1) is 15.6. The highest BCUT2D eigenvalue weighted by Crippen LogP contribution is 2.37. The second-order valence-corrected chi connectivity index (χ2v) is 7.31. The zero-order valence-electron chi connectivity index (χ0n) is 14.2. The van der Waals surface area contributed by atoms with Gasteiger partial charge in [-0.15, -0.1) is 0 Å². The van der Waals surface area contributed by atoms with Crippen molar-refractivity contribution < 1.29 is 0 Å². The van der Waals surface area contributed by atoms with E-state index in [2.05, 4.69) is 71.8 Å². The van der Waals surface area contributed by atoms with Gasteiger partial charge in [0.1, 0.15) is 0 Å². The summed E-state index contributed by atoms with van der Waals surface area (Å²) in [5, 5.41) is 0. The van der Waals surface area contributed by atoms with Gasteiger partial charge >= 0.3 is 0 Å². The number of benzene rings is 2. The lowest BCUT2D eigenvalue weighted by atomic mass is 9.73. The molecule has 2 bridgehead atoms. The molecule has 0 radical (unpaired) electrons. The molecule has 2 heteroatoms. The molecule has 1 aliphatic carbocycles. The molecule has 2 fully saturated rings. The first-order valence-electron chi connectivity index (χ1n) is 9.23. The molecule has 2 atom stereocenters. The topological polar surface area (TPSA) is 15.6 Å². The van der Waals surface area contributed by atoms with Gasteiger partial charge in [0.25, 0.3) is 0 Å². The standard InChI is InChI=1S/C22H26N2/c1-3-8-18(9-4-1)14-23-22-20-12-7-13-21(22)17-24(16-20)15-19-10-5-2-6-11-19/h1-6,8-11,14,20-22H,7,12-13,15-17H2. The predicted octanol–water partition coefficient (Wildman–Crippen LogP) is 4.41. The van der Waals surface area contributed by atoms with E-state index in [4.69, 9.17) is 4.99 Å². The summed E-state index contributed by atoms with van der Waals surface area (Å²) >= 11 is 0. The summed E-state index contributed by atoms with van der Waals surface area (Å²) in [5.41, 5.74) is 2.66. The molecule has 0 spiro atoms.